The first-order chi connectivity index (χ1) is 10.7. The van der Waals surface area contributed by atoms with Crippen molar-refractivity contribution < 1.29 is 18.9 Å². The smallest absolute Gasteiger partial charge is 0.303 e. The first-order valence-electron chi connectivity index (χ1n) is 6.36. The predicted molar refractivity (Wildman–Crippen MR) is 106 cm³/mol. The number of halogens is 7. The fraction of sp³-hybridized carbons (Fsp3) is 1.00. The highest BCUT2D eigenvalue weighted by Gasteiger charge is 2.61. The lowest BCUT2D eigenvalue weighted by Gasteiger charge is -2.54. The van der Waals surface area contributed by atoms with Crippen LogP contribution in [0.25, 0.3) is 0 Å². The lowest BCUT2D eigenvalue weighted by molar-refractivity contribution is -0.109. The van der Waals surface area contributed by atoms with Gasteiger partial charge in [-0.25, -0.2) is 4.57 Å². The zero-order chi connectivity index (χ0) is 18.3. The van der Waals surface area contributed by atoms with Crippen LogP contribution in [0.15, 0.2) is 0 Å². The molecule has 0 unspecified atom stereocenters. The topological polar surface area (TPSA) is 66.8 Å². The largest absolute Gasteiger partial charge is 0.470 e. The molecule has 140 valence electrons. The van der Waals surface area contributed by atoms with E-state index in [1.54, 1.807) is 0 Å². The lowest BCUT2D eigenvalue weighted by Crippen LogP contribution is -2.64. The minimum Gasteiger partial charge on any atom is -0.303 e. The molecule has 0 aromatic carbocycles. The van der Waals surface area contributed by atoms with Crippen molar-refractivity contribution in [2.75, 3.05) is 40.1 Å². The summed E-state index contributed by atoms with van der Waals surface area (Å²) in [7, 11) is -4.92. The molecule has 2 N–H and O–H groups in total. The molecule has 0 amide bonds. The first-order valence-corrected chi connectivity index (χ1v) is 12.8. The molecule has 23 heavy (non-hydrogen) atoms. The lowest BCUT2D eigenvalue weighted by atomic mass is 9.63. The maximum atomic E-state index is 11.7. The van der Waals surface area contributed by atoms with Crippen molar-refractivity contribution >= 4 is 97.7 Å². The van der Waals surface area contributed by atoms with Crippen LogP contribution in [-0.2, 0) is 9.09 Å². The van der Waals surface area contributed by atoms with Gasteiger partial charge in [-0.15, -0.1) is 58.0 Å². The van der Waals surface area contributed by atoms with Gasteiger partial charge in [-0.1, -0.05) is 31.9 Å². The summed E-state index contributed by atoms with van der Waals surface area (Å²) in [4.78, 5) is 19.1. The average Bonchev–Trinajstić information content (AvgIpc) is 2.50. The second-order valence-electron chi connectivity index (χ2n) is 5.07. The third-order valence-electron chi connectivity index (χ3n) is 3.82. The average molecular weight is 582 g/mol. The molecule has 0 saturated carbocycles. The van der Waals surface area contributed by atoms with Crippen LogP contribution in [0.2, 0.25) is 0 Å². The van der Waals surface area contributed by atoms with Crippen molar-refractivity contribution in [1.29, 1.82) is 0 Å². The molecule has 12 heteroatoms. The molecule has 0 atom stereocenters. The van der Waals surface area contributed by atoms with Crippen LogP contribution < -0.4 is 0 Å². The Balaban J connectivity index is 6.61. The maximum Gasteiger partial charge on any atom is 0.470 e. The van der Waals surface area contributed by atoms with Gasteiger partial charge in [-0.05, 0) is 0 Å². The minimum absolute atomic E-state index is 0.00752. The van der Waals surface area contributed by atoms with Gasteiger partial charge in [0.15, 0.2) is 0 Å². The molecule has 0 spiro atoms. The van der Waals surface area contributed by atoms with Crippen LogP contribution in [0.4, 0.5) is 0 Å². The fourth-order valence-corrected chi connectivity index (χ4v) is 8.12. The number of alkyl halides is 7. The quantitative estimate of drug-likeness (QED) is 0.250. The monoisotopic (exact) mass is 578 g/mol. The molecule has 0 fully saturated rings. The van der Waals surface area contributed by atoms with Crippen LogP contribution in [0.1, 0.15) is 0 Å². The van der Waals surface area contributed by atoms with E-state index in [2.05, 4.69) is 31.9 Å². The van der Waals surface area contributed by atoms with E-state index < -0.39 is 30.7 Å². The number of hydrogen-bond donors (Lipinski definition) is 2. The third-order valence-corrected chi connectivity index (χ3v) is 8.51. The van der Waals surface area contributed by atoms with Gasteiger partial charge in [0.1, 0.15) is 0 Å². The van der Waals surface area contributed by atoms with E-state index in [1.807, 2.05) is 0 Å². The van der Waals surface area contributed by atoms with Gasteiger partial charge in [-0.3, -0.25) is 4.52 Å². The summed E-state index contributed by atoms with van der Waals surface area (Å²) in [5.41, 5.74) is -2.49. The molecule has 0 saturated heterocycles. The Morgan fingerprint density at radius 3 is 1.43 bits per heavy atom. The summed E-state index contributed by atoms with van der Waals surface area (Å²) >= 11 is 37.1. The van der Waals surface area contributed by atoms with Crippen molar-refractivity contribution in [2.24, 2.45) is 17.3 Å². The summed E-state index contributed by atoms with van der Waals surface area (Å²) in [6.45, 7) is 0. The summed E-state index contributed by atoms with van der Waals surface area (Å²) in [6.07, 6.45) is 0. The summed E-state index contributed by atoms with van der Waals surface area (Å²) in [5, 5.41) is 0.534. The van der Waals surface area contributed by atoms with Gasteiger partial charge in [0.2, 0.25) is 0 Å². The second kappa shape index (κ2) is 11.4. The van der Waals surface area contributed by atoms with Crippen LogP contribution in [-0.4, -0.2) is 55.4 Å². The van der Waals surface area contributed by atoms with E-state index >= 15 is 0 Å². The van der Waals surface area contributed by atoms with Crippen LogP contribution in [0.5, 0.6) is 0 Å². The van der Waals surface area contributed by atoms with Crippen molar-refractivity contribution in [2.45, 2.75) is 5.60 Å². The van der Waals surface area contributed by atoms with Gasteiger partial charge >= 0.3 is 7.82 Å². The van der Waals surface area contributed by atoms with E-state index in [0.29, 0.717) is 0 Å². The molecule has 4 nitrogen and oxygen atoms in total. The fourth-order valence-electron chi connectivity index (χ4n) is 2.60. The molecule has 0 bridgehead atoms. The minimum atomic E-state index is -4.92. The van der Waals surface area contributed by atoms with Crippen LogP contribution >= 0.6 is 97.7 Å². The van der Waals surface area contributed by atoms with Gasteiger partial charge in [-0.2, -0.15) is 0 Å². The summed E-state index contributed by atoms with van der Waals surface area (Å²) < 4.78 is 17.1. The molecule has 0 aliphatic rings. The normalized spacial score (nSPS) is 14.0. The van der Waals surface area contributed by atoms with Gasteiger partial charge in [0.05, 0.1) is 5.60 Å². The second-order valence-corrected chi connectivity index (χ2v) is 8.85. The maximum absolute atomic E-state index is 11.7. The van der Waals surface area contributed by atoms with Crippen molar-refractivity contribution in [3.05, 3.63) is 0 Å². The molecular weight excluding hydrogens is 564 g/mol. The molecule has 0 aromatic rings. The molecule has 0 radical (unpaired) electrons. The zero-order valence-electron chi connectivity index (χ0n) is 11.9. The van der Waals surface area contributed by atoms with E-state index in [1.165, 1.54) is 0 Å². The number of hydrogen-bond acceptors (Lipinski definition) is 2. The highest BCUT2D eigenvalue weighted by Crippen LogP contribution is 2.57. The summed E-state index contributed by atoms with van der Waals surface area (Å²) in [6, 6.07) is 0. The van der Waals surface area contributed by atoms with E-state index in [9.17, 15) is 14.4 Å². The molecule has 0 aliphatic heterocycles. The Morgan fingerprint density at radius 2 is 1.26 bits per heavy atom. The standard InChI is InChI=1S/C11H18Br2Cl5O4P/c12-5-10(6-13,7-18)11(8(1-14)2-15,9(3-16)4-17)22-23(19,20)21/h8-9H,1-7H2,(H2,19,20,21). The highest BCUT2D eigenvalue weighted by molar-refractivity contribution is 9.09. The SMILES string of the molecule is O=P(O)(O)OC(C(CCl)CCl)(C(CCl)CCl)C(CCl)(CBr)CBr. The van der Waals surface area contributed by atoms with Crippen molar-refractivity contribution in [3.63, 3.8) is 0 Å². The van der Waals surface area contributed by atoms with Gasteiger partial charge < -0.3 is 9.79 Å². The van der Waals surface area contributed by atoms with Crippen molar-refractivity contribution in [1.82, 2.24) is 0 Å². The Labute approximate surface area is 178 Å². The Hall–Kier alpha value is 2.52. The first kappa shape index (κ1) is 25.5. The highest BCUT2D eigenvalue weighted by atomic mass is 79.9. The Kier molecular flexibility index (Phi) is 12.6. The van der Waals surface area contributed by atoms with Gasteiger partial charge in [0.25, 0.3) is 0 Å². The number of phosphoric acid groups is 1. The number of rotatable bonds is 12. The number of phosphoric ester groups is 1. The Morgan fingerprint density at radius 1 is 0.913 bits per heavy atom. The Bertz CT molecular complexity index is 368. The van der Waals surface area contributed by atoms with Crippen LogP contribution in [0, 0.1) is 17.3 Å². The predicted octanol–water partition coefficient (Wildman–Crippen LogP) is 5.04. The molecule has 0 rings (SSSR count). The summed E-state index contributed by atoms with van der Waals surface area (Å²) in [5.74, 6) is -1.31. The molecule has 0 heterocycles. The zero-order valence-corrected chi connectivity index (χ0v) is 19.8. The van der Waals surface area contributed by atoms with Crippen LogP contribution in [0.3, 0.4) is 0 Å². The molecule has 0 aromatic heterocycles. The van der Waals surface area contributed by atoms with E-state index in [-0.39, 0.29) is 40.1 Å². The molecular formula is C11H18Br2Cl5O4P. The van der Waals surface area contributed by atoms with Crippen molar-refractivity contribution in [3.8, 4) is 0 Å². The van der Waals surface area contributed by atoms with E-state index in [4.69, 9.17) is 62.5 Å². The third kappa shape index (κ3) is 5.75. The van der Waals surface area contributed by atoms with Gasteiger partial charge in [0, 0.05) is 57.3 Å². The van der Waals surface area contributed by atoms with E-state index in [0.717, 1.165) is 0 Å². The molecule has 0 aliphatic carbocycles.